The van der Waals surface area contributed by atoms with Crippen LogP contribution < -0.4 is 9.99 Å². The van der Waals surface area contributed by atoms with E-state index in [1.54, 1.807) is 4.57 Å². The number of rotatable bonds is 3. The Morgan fingerprint density at radius 1 is 1.15 bits per heavy atom. The molecule has 1 aromatic rings. The lowest BCUT2D eigenvalue weighted by Gasteiger charge is -2.63. The number of carbonyl (C=O) groups excluding carboxylic acids is 1. The van der Waals surface area contributed by atoms with Gasteiger partial charge in [0.2, 0.25) is 6.54 Å². The van der Waals surface area contributed by atoms with Crippen LogP contribution in [0.5, 0.6) is 0 Å². The first kappa shape index (κ1) is 23.6. The molecule has 4 aliphatic rings. The number of amides is 1. The van der Waals surface area contributed by atoms with Gasteiger partial charge in [0, 0.05) is 28.9 Å². The maximum Gasteiger partial charge on any atom is 0.305 e. The van der Waals surface area contributed by atoms with E-state index in [4.69, 9.17) is 0 Å². The number of hydrazone groups is 1. The minimum absolute atomic E-state index is 0.0686. The zero-order valence-corrected chi connectivity index (χ0v) is 20.4. The van der Waals surface area contributed by atoms with Crippen molar-refractivity contribution in [2.45, 2.75) is 89.6 Å². The molecular weight excluding hydrogens is 433 g/mol. The van der Waals surface area contributed by atoms with Crippen LogP contribution in [-0.4, -0.2) is 39.2 Å². The zero-order chi connectivity index (χ0) is 24.4. The Labute approximate surface area is 201 Å². The van der Waals surface area contributed by atoms with Crippen molar-refractivity contribution in [3.63, 3.8) is 0 Å². The van der Waals surface area contributed by atoms with Crippen molar-refractivity contribution >= 4 is 11.6 Å². The van der Waals surface area contributed by atoms with Gasteiger partial charge in [-0.25, -0.2) is 9.82 Å². The molecule has 7 atom stereocenters. The van der Waals surface area contributed by atoms with Gasteiger partial charge >= 0.3 is 5.91 Å². The molecule has 3 N–H and O–H groups in total. The monoisotopic (exact) mass is 470 g/mol. The molecule has 7 heteroatoms. The van der Waals surface area contributed by atoms with Crippen molar-refractivity contribution < 1.29 is 24.0 Å². The van der Waals surface area contributed by atoms with Crippen molar-refractivity contribution in [1.29, 1.82) is 0 Å². The van der Waals surface area contributed by atoms with Crippen LogP contribution in [0.4, 0.5) is 4.39 Å². The van der Waals surface area contributed by atoms with Crippen LogP contribution in [0, 0.1) is 22.7 Å². The van der Waals surface area contributed by atoms with E-state index in [0.717, 1.165) is 24.1 Å². The van der Waals surface area contributed by atoms with E-state index in [9.17, 15) is 15.0 Å². The van der Waals surface area contributed by atoms with Gasteiger partial charge in [-0.2, -0.15) is 9.67 Å². The summed E-state index contributed by atoms with van der Waals surface area (Å²) in [4.78, 5) is 12.3. The lowest BCUT2D eigenvalue weighted by atomic mass is 9.44. The van der Waals surface area contributed by atoms with E-state index < -0.39 is 28.2 Å². The van der Waals surface area contributed by atoms with Gasteiger partial charge in [0.05, 0.1) is 17.4 Å². The molecule has 1 amide bonds. The van der Waals surface area contributed by atoms with Crippen molar-refractivity contribution in [1.82, 2.24) is 5.43 Å². The predicted octanol–water partition coefficient (Wildman–Crippen LogP) is 3.22. The largest absolute Gasteiger partial charge is 0.390 e. The standard InChI is InChI=1S/C27H36FN3O3/c1-24-11-9-19(29-30-23(33)17-31-13-5-4-6-14-31)15-18(24)7-8-21-20-10-12-26(3,34)25(20,2)16-22(32)27(21,24)28/h4-6,13-15,20-22,32,34H,7-12,16-17H2,1-3H3/p+1/b29-19-/t20-,21-,22-,24-,25-,26-,27-/m0/s1. The number of nitrogens with zero attached hydrogens (tertiary/aromatic N) is 2. The van der Waals surface area contributed by atoms with Gasteiger partial charge in [-0.15, -0.1) is 0 Å². The second-order valence-corrected chi connectivity index (χ2v) is 11.7. The van der Waals surface area contributed by atoms with E-state index in [1.165, 1.54) is 0 Å². The summed E-state index contributed by atoms with van der Waals surface area (Å²) in [6, 6.07) is 5.62. The zero-order valence-electron chi connectivity index (χ0n) is 20.4. The fourth-order valence-corrected chi connectivity index (χ4v) is 7.77. The molecule has 0 aromatic carbocycles. The molecule has 34 heavy (non-hydrogen) atoms. The molecule has 0 bridgehead atoms. The first-order valence-corrected chi connectivity index (χ1v) is 12.6. The molecule has 0 spiro atoms. The van der Waals surface area contributed by atoms with E-state index in [0.29, 0.717) is 25.7 Å². The second kappa shape index (κ2) is 7.95. The van der Waals surface area contributed by atoms with E-state index in [2.05, 4.69) is 10.5 Å². The highest BCUT2D eigenvalue weighted by molar-refractivity contribution is 5.97. The number of aliphatic hydroxyl groups excluding tert-OH is 1. The third kappa shape index (κ3) is 3.30. The maximum atomic E-state index is 17.2. The molecule has 5 rings (SSSR count). The van der Waals surface area contributed by atoms with Crippen molar-refractivity contribution in [2.24, 2.45) is 27.8 Å². The minimum atomic E-state index is -1.72. The highest BCUT2D eigenvalue weighted by Gasteiger charge is 2.72. The van der Waals surface area contributed by atoms with Crippen LogP contribution in [0.3, 0.4) is 0 Å². The lowest BCUT2D eigenvalue weighted by Crippen LogP contribution is -2.68. The topological polar surface area (TPSA) is 85.8 Å². The Morgan fingerprint density at radius 2 is 1.88 bits per heavy atom. The summed E-state index contributed by atoms with van der Waals surface area (Å²) in [5.41, 5.74) is 0.539. The highest BCUT2D eigenvalue weighted by Crippen LogP contribution is 2.70. The number of alkyl halides is 1. The molecule has 1 heterocycles. The number of pyridine rings is 1. The number of fused-ring (bicyclic) bond motifs is 5. The number of aromatic nitrogens is 1. The van der Waals surface area contributed by atoms with Crippen LogP contribution in [0.25, 0.3) is 0 Å². The number of allylic oxidation sites excluding steroid dienone is 2. The van der Waals surface area contributed by atoms with Crippen LogP contribution in [0.2, 0.25) is 0 Å². The molecule has 3 saturated carbocycles. The summed E-state index contributed by atoms with van der Waals surface area (Å²) in [6.07, 6.45) is 8.74. The number of halogens is 1. The Kier molecular flexibility index (Phi) is 5.52. The molecule has 6 nitrogen and oxygen atoms in total. The molecule has 0 unspecified atom stereocenters. The van der Waals surface area contributed by atoms with Gasteiger partial charge in [0.15, 0.2) is 12.4 Å². The predicted molar refractivity (Wildman–Crippen MR) is 126 cm³/mol. The number of nitrogens with one attached hydrogen (secondary N) is 1. The number of aliphatic hydroxyl groups is 2. The molecule has 3 fully saturated rings. The molecule has 0 radical (unpaired) electrons. The van der Waals surface area contributed by atoms with Crippen molar-refractivity contribution in [2.75, 3.05) is 0 Å². The fraction of sp³-hybridized carbons (Fsp3) is 0.667. The van der Waals surface area contributed by atoms with Gasteiger partial charge < -0.3 is 10.2 Å². The lowest BCUT2D eigenvalue weighted by molar-refractivity contribution is -0.684. The molecule has 1 aromatic heterocycles. The molecule has 0 saturated heterocycles. The summed E-state index contributed by atoms with van der Waals surface area (Å²) < 4.78 is 19.0. The summed E-state index contributed by atoms with van der Waals surface area (Å²) in [7, 11) is 0. The van der Waals surface area contributed by atoms with Crippen LogP contribution in [0.15, 0.2) is 47.3 Å². The average molecular weight is 471 g/mol. The Hall–Kier alpha value is -2.12. The van der Waals surface area contributed by atoms with E-state index >= 15 is 4.39 Å². The third-order valence-electron chi connectivity index (χ3n) is 10.0. The summed E-state index contributed by atoms with van der Waals surface area (Å²) in [6.45, 7) is 6.04. The third-order valence-corrected chi connectivity index (χ3v) is 10.0. The Bertz CT molecular complexity index is 1040. The van der Waals surface area contributed by atoms with Gasteiger partial charge in [0.1, 0.15) is 5.67 Å². The van der Waals surface area contributed by atoms with Gasteiger partial charge in [-0.3, -0.25) is 4.79 Å². The van der Waals surface area contributed by atoms with Crippen molar-refractivity contribution in [3.8, 4) is 0 Å². The molecule has 0 aliphatic heterocycles. The highest BCUT2D eigenvalue weighted by atomic mass is 19.1. The van der Waals surface area contributed by atoms with E-state index in [-0.39, 0.29) is 30.7 Å². The quantitative estimate of drug-likeness (QED) is 0.468. The number of carbonyl (C=O) groups is 1. The average Bonchev–Trinajstić information content (AvgIpc) is 3.02. The smallest absolute Gasteiger partial charge is 0.305 e. The summed E-state index contributed by atoms with van der Waals surface area (Å²) in [5.74, 6) is -0.408. The second-order valence-electron chi connectivity index (χ2n) is 11.7. The van der Waals surface area contributed by atoms with Gasteiger partial charge in [-0.1, -0.05) is 25.5 Å². The SMILES string of the molecule is C[C@]1(O)CC[C@H]2[C@@H]3CCC4=C/C(=N\NC(=O)C[n+]5ccccc5)CC[C@]4(C)[C@@]3(F)[C@@H](O)C[C@@]21C. The number of hydrogen-bond acceptors (Lipinski definition) is 4. The Morgan fingerprint density at radius 3 is 2.62 bits per heavy atom. The van der Waals surface area contributed by atoms with Crippen molar-refractivity contribution in [3.05, 3.63) is 42.2 Å². The van der Waals surface area contributed by atoms with E-state index in [1.807, 2.05) is 57.4 Å². The normalized spacial score (nSPS) is 44.6. The number of hydrogen-bond donors (Lipinski definition) is 3. The first-order chi connectivity index (χ1) is 16.0. The van der Waals surface area contributed by atoms with Crippen LogP contribution in [-0.2, 0) is 11.3 Å². The van der Waals surface area contributed by atoms with Crippen LogP contribution in [0.1, 0.15) is 65.7 Å². The summed E-state index contributed by atoms with van der Waals surface area (Å²) >= 11 is 0. The Balaban J connectivity index is 1.37. The summed E-state index contributed by atoms with van der Waals surface area (Å²) in [5, 5.41) is 26.7. The fourth-order valence-electron chi connectivity index (χ4n) is 7.77. The minimum Gasteiger partial charge on any atom is -0.390 e. The molecule has 4 aliphatic carbocycles. The van der Waals surface area contributed by atoms with Crippen LogP contribution >= 0.6 is 0 Å². The molecule has 184 valence electrons. The maximum absolute atomic E-state index is 17.2. The molecular formula is C27H37FN3O3+. The van der Waals surface area contributed by atoms with Gasteiger partial charge in [-0.05, 0) is 63.9 Å². The first-order valence-electron chi connectivity index (χ1n) is 12.6. The van der Waals surface area contributed by atoms with Gasteiger partial charge in [0.25, 0.3) is 0 Å².